The summed E-state index contributed by atoms with van der Waals surface area (Å²) in [7, 11) is -3.66. The van der Waals surface area contributed by atoms with Crippen molar-refractivity contribution in [1.82, 2.24) is 15.0 Å². The average molecular weight is 462 g/mol. The minimum absolute atomic E-state index is 0.0712. The maximum Gasteiger partial charge on any atom is 0.263 e. The lowest BCUT2D eigenvalue weighted by Crippen LogP contribution is -2.34. The van der Waals surface area contributed by atoms with Crippen LogP contribution in [0, 0.1) is 26.6 Å². The number of nitrogens with one attached hydrogen (secondary N) is 2. The van der Waals surface area contributed by atoms with Gasteiger partial charge in [0.05, 0.1) is 15.6 Å². The molecule has 1 aromatic heterocycles. The molecule has 0 saturated carbocycles. The van der Waals surface area contributed by atoms with Crippen LogP contribution in [0.25, 0.3) is 0 Å². The maximum absolute atomic E-state index is 13.0. The van der Waals surface area contributed by atoms with Crippen LogP contribution in [-0.4, -0.2) is 32.4 Å². The van der Waals surface area contributed by atoms with Crippen LogP contribution in [0.3, 0.4) is 0 Å². The van der Waals surface area contributed by atoms with Crippen molar-refractivity contribution in [1.29, 1.82) is 0 Å². The summed E-state index contributed by atoms with van der Waals surface area (Å²) < 4.78 is 40.6. The number of rotatable bonds is 8. The Labute approximate surface area is 185 Å². The van der Waals surface area contributed by atoms with Gasteiger partial charge in [-0.15, -0.1) is 11.3 Å². The minimum Gasteiger partial charge on any atom is -0.350 e. The van der Waals surface area contributed by atoms with Gasteiger partial charge in [0.1, 0.15) is 10.7 Å². The number of halogens is 1. The summed E-state index contributed by atoms with van der Waals surface area (Å²) in [5.74, 6) is -0.599. The van der Waals surface area contributed by atoms with Crippen molar-refractivity contribution < 1.29 is 17.6 Å². The van der Waals surface area contributed by atoms with E-state index in [1.54, 1.807) is 38.1 Å². The second-order valence-corrected chi connectivity index (χ2v) is 10.1. The van der Waals surface area contributed by atoms with E-state index in [1.165, 1.54) is 23.5 Å². The van der Waals surface area contributed by atoms with Gasteiger partial charge in [-0.1, -0.05) is 24.3 Å². The molecular formula is C22H24FN3O3S2. The molecule has 6 nitrogen and oxygen atoms in total. The number of thiazole rings is 1. The fourth-order valence-corrected chi connectivity index (χ4v) is 5.41. The SMILES string of the molecule is Cc1ccc(C)c(S(=O)(=O)NCCNC(=O)c2sc(Cc3ccc(F)cc3)nc2C)c1. The van der Waals surface area contributed by atoms with Crippen molar-refractivity contribution in [2.45, 2.75) is 32.1 Å². The normalized spacial score (nSPS) is 11.5. The summed E-state index contributed by atoms with van der Waals surface area (Å²) in [6, 6.07) is 11.4. The number of aryl methyl sites for hydroxylation is 3. The van der Waals surface area contributed by atoms with Crippen molar-refractivity contribution in [3.63, 3.8) is 0 Å². The van der Waals surface area contributed by atoms with E-state index in [0.29, 0.717) is 22.6 Å². The predicted octanol–water partition coefficient (Wildman–Crippen LogP) is 3.51. The lowest BCUT2D eigenvalue weighted by atomic mass is 10.1. The number of aromatic nitrogens is 1. The first-order chi connectivity index (χ1) is 14.7. The predicted molar refractivity (Wildman–Crippen MR) is 119 cm³/mol. The van der Waals surface area contributed by atoms with E-state index in [4.69, 9.17) is 0 Å². The number of sulfonamides is 1. The summed E-state index contributed by atoms with van der Waals surface area (Å²) in [6.45, 7) is 5.55. The van der Waals surface area contributed by atoms with E-state index >= 15 is 0 Å². The van der Waals surface area contributed by atoms with Gasteiger partial charge in [-0.25, -0.2) is 22.5 Å². The molecule has 1 amide bonds. The van der Waals surface area contributed by atoms with Crippen molar-refractivity contribution in [3.8, 4) is 0 Å². The van der Waals surface area contributed by atoms with Crippen molar-refractivity contribution in [2.24, 2.45) is 0 Å². The molecule has 0 radical (unpaired) electrons. The molecule has 0 aliphatic rings. The number of amides is 1. The standard InChI is InChI=1S/C22H24FN3O3S2/c1-14-4-5-15(2)19(12-14)31(28,29)25-11-10-24-22(27)21-16(3)26-20(30-21)13-17-6-8-18(23)9-7-17/h4-9,12,25H,10-11,13H2,1-3H3,(H,24,27). The molecule has 3 aromatic rings. The van der Waals surface area contributed by atoms with E-state index in [-0.39, 0.29) is 29.7 Å². The Balaban J connectivity index is 1.55. The number of nitrogens with zero attached hydrogens (tertiary/aromatic N) is 1. The fraction of sp³-hybridized carbons (Fsp3) is 0.273. The third-order valence-corrected chi connectivity index (χ3v) is 7.41. The van der Waals surface area contributed by atoms with Gasteiger partial charge in [0.2, 0.25) is 10.0 Å². The highest BCUT2D eigenvalue weighted by Gasteiger charge is 2.18. The quantitative estimate of drug-likeness (QED) is 0.503. The third-order valence-electron chi connectivity index (χ3n) is 4.65. The highest BCUT2D eigenvalue weighted by atomic mass is 32.2. The van der Waals surface area contributed by atoms with E-state index in [9.17, 15) is 17.6 Å². The van der Waals surface area contributed by atoms with Gasteiger partial charge in [-0.3, -0.25) is 4.79 Å². The number of hydrogen-bond acceptors (Lipinski definition) is 5. The monoisotopic (exact) mass is 461 g/mol. The smallest absolute Gasteiger partial charge is 0.263 e. The molecule has 2 aromatic carbocycles. The van der Waals surface area contributed by atoms with Gasteiger partial charge in [0, 0.05) is 19.5 Å². The summed E-state index contributed by atoms with van der Waals surface area (Å²) in [4.78, 5) is 17.6. The van der Waals surface area contributed by atoms with E-state index in [1.807, 2.05) is 13.0 Å². The first-order valence-electron chi connectivity index (χ1n) is 9.71. The highest BCUT2D eigenvalue weighted by molar-refractivity contribution is 7.89. The molecule has 0 atom stereocenters. The van der Waals surface area contributed by atoms with Gasteiger partial charge in [-0.05, 0) is 55.7 Å². The Hall–Kier alpha value is -2.62. The Morgan fingerprint density at radius 1 is 1.06 bits per heavy atom. The zero-order valence-electron chi connectivity index (χ0n) is 17.5. The molecule has 164 valence electrons. The molecule has 2 N–H and O–H groups in total. The zero-order chi connectivity index (χ0) is 22.6. The molecular weight excluding hydrogens is 437 g/mol. The molecule has 0 saturated heterocycles. The van der Waals surface area contributed by atoms with Crippen LogP contribution >= 0.6 is 11.3 Å². The van der Waals surface area contributed by atoms with Crippen molar-refractivity contribution in [2.75, 3.05) is 13.1 Å². The zero-order valence-corrected chi connectivity index (χ0v) is 19.2. The largest absolute Gasteiger partial charge is 0.350 e. The number of benzene rings is 2. The third kappa shape index (κ3) is 5.96. The Morgan fingerprint density at radius 3 is 2.48 bits per heavy atom. The average Bonchev–Trinajstić information content (AvgIpc) is 3.09. The van der Waals surface area contributed by atoms with Gasteiger partial charge in [0.25, 0.3) is 5.91 Å². The Bertz CT molecular complexity index is 1190. The molecule has 0 unspecified atom stereocenters. The number of hydrogen-bond donors (Lipinski definition) is 2. The number of carbonyl (C=O) groups excluding carboxylic acids is 1. The lowest BCUT2D eigenvalue weighted by molar-refractivity contribution is 0.0957. The Morgan fingerprint density at radius 2 is 1.77 bits per heavy atom. The van der Waals surface area contributed by atoms with Crippen molar-refractivity contribution in [3.05, 3.63) is 80.6 Å². The van der Waals surface area contributed by atoms with E-state index < -0.39 is 10.0 Å². The molecule has 3 rings (SSSR count). The molecule has 0 bridgehead atoms. The van der Waals surface area contributed by atoms with Crippen LogP contribution < -0.4 is 10.0 Å². The van der Waals surface area contributed by atoms with Crippen LogP contribution in [0.15, 0.2) is 47.4 Å². The molecule has 0 aliphatic heterocycles. The summed E-state index contributed by atoms with van der Waals surface area (Å²) in [5, 5.41) is 3.48. The highest BCUT2D eigenvalue weighted by Crippen LogP contribution is 2.21. The Kier molecular flexibility index (Phi) is 7.19. The topological polar surface area (TPSA) is 88.2 Å². The van der Waals surface area contributed by atoms with E-state index in [0.717, 1.165) is 16.1 Å². The fourth-order valence-electron chi connectivity index (χ4n) is 3.03. The second kappa shape index (κ2) is 9.67. The molecule has 0 aliphatic carbocycles. The first kappa shape index (κ1) is 23.1. The molecule has 1 heterocycles. The second-order valence-electron chi connectivity index (χ2n) is 7.25. The van der Waals surface area contributed by atoms with Crippen LogP contribution in [0.1, 0.15) is 37.1 Å². The van der Waals surface area contributed by atoms with Crippen LogP contribution in [-0.2, 0) is 16.4 Å². The maximum atomic E-state index is 13.0. The van der Waals surface area contributed by atoms with Crippen LogP contribution in [0.5, 0.6) is 0 Å². The van der Waals surface area contributed by atoms with Crippen molar-refractivity contribution >= 4 is 27.3 Å². The molecule has 31 heavy (non-hydrogen) atoms. The van der Waals surface area contributed by atoms with Gasteiger partial charge in [-0.2, -0.15) is 0 Å². The van der Waals surface area contributed by atoms with Gasteiger partial charge < -0.3 is 5.32 Å². The van der Waals surface area contributed by atoms with Gasteiger partial charge in [0.15, 0.2) is 0 Å². The lowest BCUT2D eigenvalue weighted by Gasteiger charge is -2.10. The summed E-state index contributed by atoms with van der Waals surface area (Å²) in [6.07, 6.45) is 0.509. The molecule has 0 spiro atoms. The van der Waals surface area contributed by atoms with Crippen LogP contribution in [0.4, 0.5) is 4.39 Å². The molecule has 0 fully saturated rings. The minimum atomic E-state index is -3.66. The van der Waals surface area contributed by atoms with E-state index in [2.05, 4.69) is 15.0 Å². The first-order valence-corrected chi connectivity index (χ1v) is 12.0. The van der Waals surface area contributed by atoms with Crippen LogP contribution in [0.2, 0.25) is 0 Å². The molecule has 9 heteroatoms. The van der Waals surface area contributed by atoms with Gasteiger partial charge >= 0.3 is 0 Å². The summed E-state index contributed by atoms with van der Waals surface area (Å²) in [5.41, 5.74) is 3.03. The number of carbonyl (C=O) groups is 1. The summed E-state index contributed by atoms with van der Waals surface area (Å²) >= 11 is 1.28.